The summed E-state index contributed by atoms with van der Waals surface area (Å²) in [5.74, 6) is -0.447. The van der Waals surface area contributed by atoms with Crippen LogP contribution < -0.4 is 11.5 Å². The molecule has 14 heavy (non-hydrogen) atoms. The van der Waals surface area contributed by atoms with Gasteiger partial charge in [0.05, 0.1) is 0 Å². The van der Waals surface area contributed by atoms with Crippen molar-refractivity contribution in [1.29, 1.82) is 0 Å². The lowest BCUT2D eigenvalue weighted by atomic mass is 10.0. The molecule has 4 N–H and O–H groups in total. The number of nitrogen functional groups attached to an aromatic ring is 1. The fourth-order valence-electron chi connectivity index (χ4n) is 1.28. The van der Waals surface area contributed by atoms with E-state index in [1.807, 2.05) is 26.0 Å². The van der Waals surface area contributed by atoms with Gasteiger partial charge in [0.1, 0.15) is 0 Å². The Hall–Kier alpha value is -1.77. The molecule has 1 aromatic rings. The van der Waals surface area contributed by atoms with Crippen molar-refractivity contribution in [3.8, 4) is 0 Å². The molecule has 1 amide bonds. The molecule has 1 aromatic carbocycles. The highest BCUT2D eigenvalue weighted by molar-refractivity contribution is 5.90. The number of hydrogen-bond acceptors (Lipinski definition) is 2. The van der Waals surface area contributed by atoms with E-state index in [4.69, 9.17) is 11.5 Å². The zero-order valence-corrected chi connectivity index (χ0v) is 8.37. The van der Waals surface area contributed by atoms with Gasteiger partial charge in [0, 0.05) is 11.8 Å². The van der Waals surface area contributed by atoms with Crippen LogP contribution in [0.4, 0.5) is 5.69 Å². The number of anilines is 1. The van der Waals surface area contributed by atoms with Crippen molar-refractivity contribution in [2.24, 2.45) is 5.73 Å². The normalized spacial score (nSPS) is 10.7. The van der Waals surface area contributed by atoms with E-state index in [1.165, 1.54) is 6.08 Å². The fourth-order valence-corrected chi connectivity index (χ4v) is 1.28. The maximum absolute atomic E-state index is 10.5. The molecule has 0 unspecified atom stereocenters. The molecule has 0 fully saturated rings. The number of aryl methyl sites for hydroxylation is 2. The second kappa shape index (κ2) is 3.96. The summed E-state index contributed by atoms with van der Waals surface area (Å²) >= 11 is 0. The number of amides is 1. The molecular weight excluding hydrogens is 176 g/mol. The standard InChI is InChI=1S/C11H14N2O/c1-7-5-9(3-4-10(12)14)6-8(2)11(7)13/h3-6H,13H2,1-2H3,(H2,12,14). The first-order chi connectivity index (χ1) is 6.50. The molecule has 0 saturated carbocycles. The van der Waals surface area contributed by atoms with Crippen LogP contribution in [0.1, 0.15) is 16.7 Å². The number of benzene rings is 1. The van der Waals surface area contributed by atoms with Gasteiger partial charge in [-0.3, -0.25) is 4.79 Å². The Morgan fingerprint density at radius 3 is 2.21 bits per heavy atom. The van der Waals surface area contributed by atoms with Gasteiger partial charge < -0.3 is 11.5 Å². The van der Waals surface area contributed by atoms with Crippen LogP contribution in [-0.4, -0.2) is 5.91 Å². The Morgan fingerprint density at radius 2 is 1.79 bits per heavy atom. The molecule has 0 saturated heterocycles. The molecule has 3 heteroatoms. The van der Waals surface area contributed by atoms with Crippen LogP contribution in [-0.2, 0) is 4.79 Å². The third-order valence-electron chi connectivity index (χ3n) is 2.06. The number of carbonyl (C=O) groups excluding carboxylic acids is 1. The summed E-state index contributed by atoms with van der Waals surface area (Å²) in [5, 5.41) is 0. The van der Waals surface area contributed by atoms with Crippen molar-refractivity contribution in [2.75, 3.05) is 5.73 Å². The number of primary amides is 1. The Bertz CT molecular complexity index is 371. The summed E-state index contributed by atoms with van der Waals surface area (Å²) < 4.78 is 0. The molecule has 3 nitrogen and oxygen atoms in total. The van der Waals surface area contributed by atoms with Crippen molar-refractivity contribution in [1.82, 2.24) is 0 Å². The first kappa shape index (κ1) is 10.3. The van der Waals surface area contributed by atoms with E-state index in [0.29, 0.717) is 0 Å². The van der Waals surface area contributed by atoms with Crippen molar-refractivity contribution in [3.05, 3.63) is 34.9 Å². The minimum absolute atomic E-state index is 0.447. The summed E-state index contributed by atoms with van der Waals surface area (Å²) in [6.07, 6.45) is 3.02. The molecule has 0 bridgehead atoms. The van der Waals surface area contributed by atoms with E-state index in [-0.39, 0.29) is 0 Å². The van der Waals surface area contributed by atoms with Gasteiger partial charge in [-0.1, -0.05) is 0 Å². The lowest BCUT2D eigenvalue weighted by Crippen LogP contribution is -2.05. The minimum atomic E-state index is -0.447. The molecular formula is C11H14N2O. The fraction of sp³-hybridized carbons (Fsp3) is 0.182. The van der Waals surface area contributed by atoms with Gasteiger partial charge in [0.2, 0.25) is 5.91 Å². The first-order valence-corrected chi connectivity index (χ1v) is 4.35. The van der Waals surface area contributed by atoms with Crippen LogP contribution in [0.15, 0.2) is 18.2 Å². The summed E-state index contributed by atoms with van der Waals surface area (Å²) in [4.78, 5) is 10.5. The number of rotatable bonds is 2. The third kappa shape index (κ3) is 2.36. The van der Waals surface area contributed by atoms with Gasteiger partial charge in [0.15, 0.2) is 0 Å². The molecule has 0 aliphatic rings. The Kier molecular flexibility index (Phi) is 2.92. The Labute approximate surface area is 83.4 Å². The maximum atomic E-state index is 10.5. The van der Waals surface area contributed by atoms with E-state index in [0.717, 1.165) is 22.4 Å². The van der Waals surface area contributed by atoms with Crippen molar-refractivity contribution in [3.63, 3.8) is 0 Å². The smallest absolute Gasteiger partial charge is 0.241 e. The van der Waals surface area contributed by atoms with Gasteiger partial charge in [-0.15, -0.1) is 0 Å². The molecule has 0 spiro atoms. The van der Waals surface area contributed by atoms with Crippen LogP contribution >= 0.6 is 0 Å². The molecule has 1 rings (SSSR count). The average molecular weight is 190 g/mol. The van der Waals surface area contributed by atoms with Crippen molar-refractivity contribution in [2.45, 2.75) is 13.8 Å². The Balaban J connectivity index is 3.07. The van der Waals surface area contributed by atoms with E-state index >= 15 is 0 Å². The first-order valence-electron chi connectivity index (χ1n) is 4.35. The van der Waals surface area contributed by atoms with Crippen LogP contribution in [0, 0.1) is 13.8 Å². The largest absolute Gasteiger partial charge is 0.398 e. The SMILES string of the molecule is Cc1cc(C=CC(N)=O)cc(C)c1N. The molecule has 0 atom stereocenters. The molecule has 74 valence electrons. The van der Waals surface area contributed by atoms with Gasteiger partial charge in [0.25, 0.3) is 0 Å². The molecule has 0 radical (unpaired) electrons. The molecule has 0 aromatic heterocycles. The summed E-state index contributed by atoms with van der Waals surface area (Å²) in [7, 11) is 0. The molecule has 0 aliphatic carbocycles. The summed E-state index contributed by atoms with van der Waals surface area (Å²) in [6, 6.07) is 3.84. The van der Waals surface area contributed by atoms with Crippen LogP contribution in [0.5, 0.6) is 0 Å². The van der Waals surface area contributed by atoms with E-state index in [1.54, 1.807) is 6.08 Å². The number of hydrogen-bond donors (Lipinski definition) is 2. The quantitative estimate of drug-likeness (QED) is 0.546. The van der Waals surface area contributed by atoms with Gasteiger partial charge in [-0.2, -0.15) is 0 Å². The zero-order valence-electron chi connectivity index (χ0n) is 8.37. The molecule has 0 aliphatic heterocycles. The lowest BCUT2D eigenvalue weighted by molar-refractivity contribution is -0.113. The monoisotopic (exact) mass is 190 g/mol. The number of nitrogens with two attached hydrogens (primary N) is 2. The van der Waals surface area contributed by atoms with Gasteiger partial charge in [-0.25, -0.2) is 0 Å². The van der Waals surface area contributed by atoms with Gasteiger partial charge >= 0.3 is 0 Å². The van der Waals surface area contributed by atoms with E-state index in [2.05, 4.69) is 0 Å². The van der Waals surface area contributed by atoms with Crippen molar-refractivity contribution >= 4 is 17.7 Å². The topological polar surface area (TPSA) is 69.1 Å². The van der Waals surface area contributed by atoms with Crippen LogP contribution in [0.2, 0.25) is 0 Å². The predicted octanol–water partition coefficient (Wildman–Crippen LogP) is 1.38. The zero-order chi connectivity index (χ0) is 10.7. The van der Waals surface area contributed by atoms with E-state index in [9.17, 15) is 4.79 Å². The second-order valence-corrected chi connectivity index (χ2v) is 3.30. The maximum Gasteiger partial charge on any atom is 0.241 e. The summed E-state index contributed by atoms with van der Waals surface area (Å²) in [5.41, 5.74) is 14.5. The summed E-state index contributed by atoms with van der Waals surface area (Å²) in [6.45, 7) is 3.87. The molecule has 0 heterocycles. The highest BCUT2D eigenvalue weighted by atomic mass is 16.1. The van der Waals surface area contributed by atoms with Crippen LogP contribution in [0.3, 0.4) is 0 Å². The second-order valence-electron chi connectivity index (χ2n) is 3.30. The number of carbonyl (C=O) groups is 1. The van der Waals surface area contributed by atoms with E-state index < -0.39 is 5.91 Å². The van der Waals surface area contributed by atoms with Crippen LogP contribution in [0.25, 0.3) is 6.08 Å². The Morgan fingerprint density at radius 1 is 1.29 bits per heavy atom. The average Bonchev–Trinajstić information content (AvgIpc) is 2.10. The van der Waals surface area contributed by atoms with Gasteiger partial charge in [-0.05, 0) is 48.7 Å². The highest BCUT2D eigenvalue weighted by Gasteiger charge is 1.99. The minimum Gasteiger partial charge on any atom is -0.398 e. The highest BCUT2D eigenvalue weighted by Crippen LogP contribution is 2.19. The predicted molar refractivity (Wildman–Crippen MR) is 58.6 cm³/mol. The third-order valence-corrected chi connectivity index (χ3v) is 2.06. The van der Waals surface area contributed by atoms with Crippen molar-refractivity contribution < 1.29 is 4.79 Å². The lowest BCUT2D eigenvalue weighted by Gasteiger charge is -2.05.